The van der Waals surface area contributed by atoms with E-state index in [2.05, 4.69) is 5.32 Å². The van der Waals surface area contributed by atoms with Crippen LogP contribution in [-0.4, -0.2) is 23.2 Å². The standard InChI is InChI=1S/C12H16ClFN2O3/c1-8(7-17)3-2-4-15-11-5-9(13)10(14)6-12(11)16(18)19/h5-6,8,15,17H,2-4,7H2,1H3. The highest BCUT2D eigenvalue weighted by molar-refractivity contribution is 6.31. The summed E-state index contributed by atoms with van der Waals surface area (Å²) in [6, 6.07) is 2.02. The Morgan fingerprint density at radius 3 is 2.84 bits per heavy atom. The SMILES string of the molecule is CC(CO)CCCNc1cc(Cl)c(F)cc1[N+](=O)[O-]. The molecule has 1 atom stereocenters. The number of aliphatic hydroxyl groups is 1. The molecule has 0 saturated heterocycles. The number of anilines is 1. The topological polar surface area (TPSA) is 75.4 Å². The van der Waals surface area contributed by atoms with Crippen LogP contribution in [0.3, 0.4) is 0 Å². The number of benzene rings is 1. The van der Waals surface area contributed by atoms with Crippen molar-refractivity contribution in [2.24, 2.45) is 5.92 Å². The van der Waals surface area contributed by atoms with Crippen LogP contribution in [0, 0.1) is 21.8 Å². The monoisotopic (exact) mass is 290 g/mol. The fourth-order valence-electron chi connectivity index (χ4n) is 1.59. The van der Waals surface area contributed by atoms with Crippen molar-refractivity contribution in [2.75, 3.05) is 18.5 Å². The fourth-order valence-corrected chi connectivity index (χ4v) is 1.76. The Balaban J connectivity index is 2.67. The summed E-state index contributed by atoms with van der Waals surface area (Å²) in [5, 5.41) is 22.4. The predicted molar refractivity (Wildman–Crippen MR) is 72.0 cm³/mol. The molecule has 0 aromatic heterocycles. The zero-order valence-corrected chi connectivity index (χ0v) is 11.3. The molecule has 0 aliphatic carbocycles. The summed E-state index contributed by atoms with van der Waals surface area (Å²) in [4.78, 5) is 10.1. The smallest absolute Gasteiger partial charge is 0.295 e. The van der Waals surface area contributed by atoms with Crippen molar-refractivity contribution in [3.63, 3.8) is 0 Å². The Labute approximate surface area is 115 Å². The highest BCUT2D eigenvalue weighted by Gasteiger charge is 2.17. The number of nitrogens with one attached hydrogen (secondary N) is 1. The minimum Gasteiger partial charge on any atom is -0.396 e. The van der Waals surface area contributed by atoms with Crippen LogP contribution in [0.4, 0.5) is 15.8 Å². The summed E-state index contributed by atoms with van der Waals surface area (Å²) in [6.07, 6.45) is 1.54. The molecule has 0 aliphatic heterocycles. The third-order valence-electron chi connectivity index (χ3n) is 2.74. The second-order valence-electron chi connectivity index (χ2n) is 4.40. The second-order valence-corrected chi connectivity index (χ2v) is 4.80. The van der Waals surface area contributed by atoms with Gasteiger partial charge in [0.05, 0.1) is 16.0 Å². The van der Waals surface area contributed by atoms with E-state index in [9.17, 15) is 14.5 Å². The Morgan fingerprint density at radius 2 is 2.26 bits per heavy atom. The third-order valence-corrected chi connectivity index (χ3v) is 3.03. The molecule has 5 nitrogen and oxygen atoms in total. The number of rotatable bonds is 7. The quantitative estimate of drug-likeness (QED) is 0.459. The van der Waals surface area contributed by atoms with Gasteiger partial charge in [-0.15, -0.1) is 0 Å². The molecule has 0 bridgehead atoms. The van der Waals surface area contributed by atoms with Crippen LogP contribution >= 0.6 is 11.6 Å². The van der Waals surface area contributed by atoms with Crippen LogP contribution in [0.1, 0.15) is 19.8 Å². The molecule has 0 fully saturated rings. The fraction of sp³-hybridized carbons (Fsp3) is 0.500. The summed E-state index contributed by atoms with van der Waals surface area (Å²) in [5.74, 6) is -0.624. The second kappa shape index (κ2) is 7.25. The van der Waals surface area contributed by atoms with E-state index in [1.807, 2.05) is 6.92 Å². The number of nitro benzene ring substituents is 1. The van der Waals surface area contributed by atoms with Gasteiger partial charge in [-0.3, -0.25) is 10.1 Å². The van der Waals surface area contributed by atoms with Gasteiger partial charge in [-0.25, -0.2) is 4.39 Å². The minimum absolute atomic E-state index is 0.114. The molecule has 0 spiro atoms. The average molecular weight is 291 g/mol. The maximum absolute atomic E-state index is 13.2. The maximum Gasteiger partial charge on any atom is 0.295 e. The van der Waals surface area contributed by atoms with Gasteiger partial charge in [-0.2, -0.15) is 0 Å². The van der Waals surface area contributed by atoms with E-state index < -0.39 is 10.7 Å². The van der Waals surface area contributed by atoms with E-state index in [4.69, 9.17) is 16.7 Å². The lowest BCUT2D eigenvalue weighted by Crippen LogP contribution is -2.08. The molecule has 1 unspecified atom stereocenters. The molecule has 106 valence electrons. The number of nitrogens with zero attached hydrogens (tertiary/aromatic N) is 1. The molecule has 0 radical (unpaired) electrons. The van der Waals surface area contributed by atoms with E-state index in [-0.39, 0.29) is 28.9 Å². The first-order valence-corrected chi connectivity index (χ1v) is 6.31. The van der Waals surface area contributed by atoms with Crippen molar-refractivity contribution in [2.45, 2.75) is 19.8 Å². The molecule has 0 aliphatic rings. The van der Waals surface area contributed by atoms with Gasteiger partial charge in [0.15, 0.2) is 0 Å². The van der Waals surface area contributed by atoms with Crippen molar-refractivity contribution < 1.29 is 14.4 Å². The molecule has 19 heavy (non-hydrogen) atoms. The Kier molecular flexibility index (Phi) is 5.98. The lowest BCUT2D eigenvalue weighted by atomic mass is 10.1. The number of hydrogen-bond acceptors (Lipinski definition) is 4. The van der Waals surface area contributed by atoms with E-state index in [0.717, 1.165) is 18.9 Å². The highest BCUT2D eigenvalue weighted by atomic mass is 35.5. The van der Waals surface area contributed by atoms with E-state index in [1.165, 1.54) is 6.07 Å². The van der Waals surface area contributed by atoms with E-state index in [0.29, 0.717) is 6.54 Å². The molecule has 1 aromatic rings. The number of nitro groups is 1. The summed E-state index contributed by atoms with van der Waals surface area (Å²) in [7, 11) is 0. The first-order chi connectivity index (χ1) is 8.95. The largest absolute Gasteiger partial charge is 0.396 e. The summed E-state index contributed by atoms with van der Waals surface area (Å²) >= 11 is 5.61. The van der Waals surface area contributed by atoms with E-state index >= 15 is 0 Å². The van der Waals surface area contributed by atoms with Crippen LogP contribution < -0.4 is 5.32 Å². The molecule has 1 rings (SSSR count). The number of hydrogen-bond donors (Lipinski definition) is 2. The Bertz CT molecular complexity index is 457. The number of halogens is 2. The molecule has 0 saturated carbocycles. The molecule has 0 heterocycles. The molecule has 2 N–H and O–H groups in total. The zero-order chi connectivity index (χ0) is 14.4. The molecular formula is C12H16ClFN2O3. The highest BCUT2D eigenvalue weighted by Crippen LogP contribution is 2.30. The summed E-state index contributed by atoms with van der Waals surface area (Å²) in [5.41, 5.74) is -0.134. The van der Waals surface area contributed by atoms with Gasteiger partial charge in [0, 0.05) is 13.2 Å². The van der Waals surface area contributed by atoms with Crippen molar-refractivity contribution >= 4 is 23.0 Å². The van der Waals surface area contributed by atoms with E-state index in [1.54, 1.807) is 0 Å². The maximum atomic E-state index is 13.2. The van der Waals surface area contributed by atoms with Crippen molar-refractivity contribution in [3.05, 3.63) is 33.1 Å². The van der Waals surface area contributed by atoms with Gasteiger partial charge < -0.3 is 10.4 Å². The first kappa shape index (κ1) is 15.7. The van der Waals surface area contributed by atoms with Gasteiger partial charge in [0.1, 0.15) is 11.5 Å². The molecule has 7 heteroatoms. The first-order valence-electron chi connectivity index (χ1n) is 5.94. The average Bonchev–Trinajstić information content (AvgIpc) is 2.37. The lowest BCUT2D eigenvalue weighted by molar-refractivity contribution is -0.384. The minimum atomic E-state index is -0.812. The van der Waals surface area contributed by atoms with Crippen molar-refractivity contribution in [1.82, 2.24) is 0 Å². The Hall–Kier alpha value is -1.40. The van der Waals surface area contributed by atoms with Crippen LogP contribution in [0.25, 0.3) is 0 Å². The van der Waals surface area contributed by atoms with Crippen molar-refractivity contribution in [1.29, 1.82) is 0 Å². The Morgan fingerprint density at radius 1 is 1.58 bits per heavy atom. The summed E-state index contributed by atoms with van der Waals surface area (Å²) < 4.78 is 13.2. The van der Waals surface area contributed by atoms with Crippen LogP contribution in [-0.2, 0) is 0 Å². The van der Waals surface area contributed by atoms with Crippen LogP contribution in [0.15, 0.2) is 12.1 Å². The van der Waals surface area contributed by atoms with Gasteiger partial charge in [-0.1, -0.05) is 18.5 Å². The molecule has 1 aromatic carbocycles. The van der Waals surface area contributed by atoms with Crippen molar-refractivity contribution in [3.8, 4) is 0 Å². The zero-order valence-electron chi connectivity index (χ0n) is 10.5. The molecular weight excluding hydrogens is 275 g/mol. The van der Waals surface area contributed by atoms with Crippen LogP contribution in [0.2, 0.25) is 5.02 Å². The summed E-state index contributed by atoms with van der Waals surface area (Å²) in [6.45, 7) is 2.52. The molecule has 0 amide bonds. The van der Waals surface area contributed by atoms with Gasteiger partial charge >= 0.3 is 0 Å². The lowest BCUT2D eigenvalue weighted by Gasteiger charge is -2.10. The van der Waals surface area contributed by atoms with Gasteiger partial charge in [0.2, 0.25) is 0 Å². The third kappa shape index (κ3) is 4.65. The van der Waals surface area contributed by atoms with Crippen LogP contribution in [0.5, 0.6) is 0 Å². The predicted octanol–water partition coefficient (Wildman–Crippen LogP) is 3.21. The normalized spacial score (nSPS) is 12.2. The van der Waals surface area contributed by atoms with Gasteiger partial charge in [0.25, 0.3) is 5.69 Å². The van der Waals surface area contributed by atoms with Gasteiger partial charge in [-0.05, 0) is 24.8 Å². The number of aliphatic hydroxyl groups excluding tert-OH is 1.